The zero-order valence-corrected chi connectivity index (χ0v) is 8.52. The molecule has 0 unspecified atom stereocenters. The zero-order valence-electron chi connectivity index (χ0n) is 7.77. The Balaban J connectivity index is 3.01. The molecule has 2 heterocycles. The standard InChI is InChI=1S/C9H6ClN3O2/c1-13-9(15)6-4-11-3-2-5(6)7(12-13)8(10)14/h2-4H,1H3. The molecule has 0 saturated heterocycles. The number of carbonyl (C=O) groups is 1. The number of aryl methyl sites for hydroxylation is 1. The van der Waals surface area contributed by atoms with Gasteiger partial charge in [-0.1, -0.05) is 0 Å². The SMILES string of the molecule is Cn1nc(C(=O)Cl)c2ccncc2c1=O. The molecule has 2 aromatic heterocycles. The Labute approximate surface area is 89.3 Å². The fraction of sp³-hybridized carbons (Fsp3) is 0.111. The van der Waals surface area contributed by atoms with Crippen LogP contribution in [0.25, 0.3) is 10.8 Å². The first kappa shape index (κ1) is 9.79. The topological polar surface area (TPSA) is 64.8 Å². The summed E-state index contributed by atoms with van der Waals surface area (Å²) >= 11 is 5.37. The first-order valence-electron chi connectivity index (χ1n) is 4.12. The number of fused-ring (bicyclic) bond motifs is 1. The lowest BCUT2D eigenvalue weighted by Crippen LogP contribution is -2.22. The molecule has 0 fully saturated rings. The molecule has 0 spiro atoms. The molecule has 0 saturated carbocycles. The fourth-order valence-corrected chi connectivity index (χ4v) is 1.48. The van der Waals surface area contributed by atoms with Gasteiger partial charge >= 0.3 is 0 Å². The van der Waals surface area contributed by atoms with Crippen molar-refractivity contribution in [2.45, 2.75) is 0 Å². The summed E-state index contributed by atoms with van der Waals surface area (Å²) < 4.78 is 1.07. The maximum Gasteiger partial charge on any atom is 0.275 e. The van der Waals surface area contributed by atoms with E-state index in [0.717, 1.165) is 4.68 Å². The summed E-state index contributed by atoms with van der Waals surface area (Å²) in [6, 6.07) is 1.54. The molecule has 5 nitrogen and oxygen atoms in total. The van der Waals surface area contributed by atoms with Crippen LogP contribution in [0.4, 0.5) is 0 Å². The van der Waals surface area contributed by atoms with Gasteiger partial charge in [0.2, 0.25) is 0 Å². The fourth-order valence-electron chi connectivity index (χ4n) is 1.34. The van der Waals surface area contributed by atoms with Gasteiger partial charge in [0.05, 0.1) is 5.39 Å². The first-order chi connectivity index (χ1) is 7.11. The third-order valence-corrected chi connectivity index (χ3v) is 2.22. The molecule has 0 atom stereocenters. The first-order valence-corrected chi connectivity index (χ1v) is 4.50. The van der Waals surface area contributed by atoms with Gasteiger partial charge in [-0.25, -0.2) is 4.68 Å². The number of hydrogen-bond acceptors (Lipinski definition) is 4. The normalized spacial score (nSPS) is 10.5. The van der Waals surface area contributed by atoms with Gasteiger partial charge in [-0.15, -0.1) is 0 Å². The average molecular weight is 224 g/mol. The summed E-state index contributed by atoms with van der Waals surface area (Å²) in [5.41, 5.74) is -0.240. The lowest BCUT2D eigenvalue weighted by atomic mass is 10.2. The number of aromatic nitrogens is 3. The van der Waals surface area contributed by atoms with E-state index in [9.17, 15) is 9.59 Å². The Bertz CT molecular complexity index is 606. The van der Waals surface area contributed by atoms with Crippen LogP contribution in [0.15, 0.2) is 23.3 Å². The molecule has 0 amide bonds. The minimum absolute atomic E-state index is 0.0659. The van der Waals surface area contributed by atoms with Crippen LogP contribution in [0.2, 0.25) is 0 Å². The van der Waals surface area contributed by atoms with Gasteiger partial charge in [-0.2, -0.15) is 5.10 Å². The Morgan fingerprint density at radius 1 is 1.47 bits per heavy atom. The average Bonchev–Trinajstić information content (AvgIpc) is 2.23. The summed E-state index contributed by atoms with van der Waals surface area (Å²) in [5.74, 6) is 0. The molecule has 76 valence electrons. The highest BCUT2D eigenvalue weighted by atomic mass is 35.5. The van der Waals surface area contributed by atoms with Crippen molar-refractivity contribution in [3.8, 4) is 0 Å². The minimum Gasteiger partial charge on any atom is -0.274 e. The van der Waals surface area contributed by atoms with E-state index in [1.54, 1.807) is 6.07 Å². The van der Waals surface area contributed by atoms with Gasteiger partial charge in [0, 0.05) is 24.8 Å². The van der Waals surface area contributed by atoms with Crippen molar-refractivity contribution >= 4 is 27.6 Å². The van der Waals surface area contributed by atoms with E-state index in [2.05, 4.69) is 10.1 Å². The maximum absolute atomic E-state index is 11.6. The van der Waals surface area contributed by atoms with E-state index in [4.69, 9.17) is 11.6 Å². The van der Waals surface area contributed by atoms with E-state index in [1.165, 1.54) is 19.4 Å². The van der Waals surface area contributed by atoms with E-state index in [1.807, 2.05) is 0 Å². The van der Waals surface area contributed by atoms with Crippen LogP contribution < -0.4 is 5.56 Å². The molecular formula is C9H6ClN3O2. The second-order valence-corrected chi connectivity index (χ2v) is 3.32. The van der Waals surface area contributed by atoms with Crippen molar-refractivity contribution in [3.05, 3.63) is 34.5 Å². The molecule has 0 bridgehead atoms. The molecule has 0 aliphatic rings. The van der Waals surface area contributed by atoms with Crippen LogP contribution in [0.3, 0.4) is 0 Å². The molecule has 15 heavy (non-hydrogen) atoms. The number of rotatable bonds is 1. The molecule has 6 heteroatoms. The van der Waals surface area contributed by atoms with Crippen molar-refractivity contribution in [1.29, 1.82) is 0 Å². The zero-order chi connectivity index (χ0) is 11.0. The predicted molar refractivity (Wildman–Crippen MR) is 55.0 cm³/mol. The van der Waals surface area contributed by atoms with Crippen LogP contribution in [-0.2, 0) is 7.05 Å². The monoisotopic (exact) mass is 223 g/mol. The Hall–Kier alpha value is -1.75. The predicted octanol–water partition coefficient (Wildman–Crippen LogP) is 0.707. The van der Waals surface area contributed by atoms with Crippen LogP contribution in [0.1, 0.15) is 10.5 Å². The van der Waals surface area contributed by atoms with Crippen molar-refractivity contribution in [1.82, 2.24) is 14.8 Å². The number of hydrogen-bond donors (Lipinski definition) is 0. The second kappa shape index (κ2) is 3.43. The summed E-state index contributed by atoms with van der Waals surface area (Å²) in [6.07, 6.45) is 2.87. The Morgan fingerprint density at radius 3 is 2.87 bits per heavy atom. The third kappa shape index (κ3) is 1.50. The summed E-state index contributed by atoms with van der Waals surface area (Å²) in [4.78, 5) is 26.5. The van der Waals surface area contributed by atoms with Gasteiger partial charge in [-0.05, 0) is 17.7 Å². The van der Waals surface area contributed by atoms with E-state index >= 15 is 0 Å². The summed E-state index contributed by atoms with van der Waals surface area (Å²) in [6.45, 7) is 0. The lowest BCUT2D eigenvalue weighted by Gasteiger charge is -2.03. The number of pyridine rings is 1. The van der Waals surface area contributed by atoms with Crippen molar-refractivity contribution in [2.24, 2.45) is 7.05 Å². The smallest absolute Gasteiger partial charge is 0.274 e. The van der Waals surface area contributed by atoms with Crippen molar-refractivity contribution in [2.75, 3.05) is 0 Å². The molecule has 0 aliphatic heterocycles. The Morgan fingerprint density at radius 2 is 2.20 bits per heavy atom. The molecule has 0 aliphatic carbocycles. The largest absolute Gasteiger partial charge is 0.275 e. The number of halogens is 1. The Kier molecular flexibility index (Phi) is 2.24. The van der Waals surface area contributed by atoms with Crippen molar-refractivity contribution in [3.63, 3.8) is 0 Å². The number of nitrogens with zero attached hydrogens (tertiary/aromatic N) is 3. The van der Waals surface area contributed by atoms with E-state index in [-0.39, 0.29) is 11.3 Å². The lowest BCUT2D eigenvalue weighted by molar-refractivity contribution is 0.107. The highest BCUT2D eigenvalue weighted by Gasteiger charge is 2.13. The van der Waals surface area contributed by atoms with Crippen molar-refractivity contribution < 1.29 is 4.79 Å². The quantitative estimate of drug-likeness (QED) is 0.668. The molecular weight excluding hydrogens is 218 g/mol. The van der Waals surface area contributed by atoms with Gasteiger partial charge in [0.1, 0.15) is 0 Å². The molecule has 0 N–H and O–H groups in total. The van der Waals surface area contributed by atoms with Gasteiger partial charge in [0.15, 0.2) is 5.69 Å². The highest BCUT2D eigenvalue weighted by molar-refractivity contribution is 6.68. The van der Waals surface area contributed by atoms with Crippen LogP contribution in [-0.4, -0.2) is 20.0 Å². The third-order valence-electron chi connectivity index (χ3n) is 2.04. The molecule has 2 aromatic rings. The summed E-state index contributed by atoms with van der Waals surface area (Å²) in [5, 5.41) is 3.86. The molecule has 0 aromatic carbocycles. The van der Waals surface area contributed by atoms with Crippen LogP contribution >= 0.6 is 11.6 Å². The van der Waals surface area contributed by atoms with Gasteiger partial charge in [-0.3, -0.25) is 14.6 Å². The minimum atomic E-state index is -0.693. The highest BCUT2D eigenvalue weighted by Crippen LogP contribution is 2.13. The maximum atomic E-state index is 11.6. The summed E-state index contributed by atoms with van der Waals surface area (Å²) in [7, 11) is 1.46. The number of carbonyl (C=O) groups excluding carboxylic acids is 1. The van der Waals surface area contributed by atoms with E-state index < -0.39 is 5.24 Å². The molecule has 0 radical (unpaired) electrons. The van der Waals surface area contributed by atoms with Gasteiger partial charge < -0.3 is 0 Å². The van der Waals surface area contributed by atoms with Crippen LogP contribution in [0, 0.1) is 0 Å². The molecule has 2 rings (SSSR count). The second-order valence-electron chi connectivity index (χ2n) is 2.97. The van der Waals surface area contributed by atoms with Gasteiger partial charge in [0.25, 0.3) is 10.8 Å². The van der Waals surface area contributed by atoms with Crippen LogP contribution in [0.5, 0.6) is 0 Å². The van der Waals surface area contributed by atoms with E-state index in [0.29, 0.717) is 10.8 Å².